The van der Waals surface area contributed by atoms with Crippen molar-refractivity contribution < 1.29 is 9.53 Å². The van der Waals surface area contributed by atoms with E-state index in [0.717, 1.165) is 37.8 Å². The molecule has 4 aliphatic rings. The van der Waals surface area contributed by atoms with Gasteiger partial charge in [-0.2, -0.15) is 5.10 Å². The molecule has 1 aromatic heterocycles. The number of carbonyl (C=O) groups excluding carboxylic acids is 1. The van der Waals surface area contributed by atoms with Crippen LogP contribution in [-0.2, 0) is 15.7 Å². The van der Waals surface area contributed by atoms with Crippen molar-refractivity contribution in [1.29, 1.82) is 0 Å². The molecule has 4 saturated carbocycles. The van der Waals surface area contributed by atoms with Crippen molar-refractivity contribution in [1.82, 2.24) is 14.8 Å². The molecule has 6 heteroatoms. The van der Waals surface area contributed by atoms with Crippen LogP contribution in [0.5, 0.6) is 5.75 Å². The Morgan fingerprint density at radius 3 is 2.53 bits per heavy atom. The summed E-state index contributed by atoms with van der Waals surface area (Å²) in [5.74, 6) is 2.03. The smallest absolute Gasteiger partial charge is 0.230 e. The minimum Gasteiger partial charge on any atom is -0.495 e. The molecule has 1 amide bonds. The molecule has 4 fully saturated rings. The zero-order valence-electron chi connectivity index (χ0n) is 18.4. The fourth-order valence-corrected chi connectivity index (χ4v) is 6.73. The number of rotatable bonds is 4. The average molecular weight is 409 g/mol. The normalized spacial score (nSPS) is 32.3. The quantitative estimate of drug-likeness (QED) is 0.808. The molecule has 0 spiro atoms. The SMILES string of the molecule is COc1ccc(C(C)(C)C)cc1NC(=O)C12C[C@@H]3C[C@@H](C1)CC(n1cncn1)(C3)C2. The summed E-state index contributed by atoms with van der Waals surface area (Å²) < 4.78 is 7.62. The third kappa shape index (κ3) is 3.03. The first-order chi connectivity index (χ1) is 14.2. The van der Waals surface area contributed by atoms with Crippen LogP contribution in [0.3, 0.4) is 0 Å². The predicted molar refractivity (Wildman–Crippen MR) is 115 cm³/mol. The second-order valence-electron chi connectivity index (χ2n) is 10.9. The summed E-state index contributed by atoms with van der Waals surface area (Å²) in [6.45, 7) is 6.55. The molecular formula is C24H32N4O2. The Bertz CT molecular complexity index is 946. The number of nitrogens with one attached hydrogen (secondary N) is 1. The third-order valence-electron chi connectivity index (χ3n) is 7.73. The summed E-state index contributed by atoms with van der Waals surface area (Å²) in [6, 6.07) is 6.12. The van der Waals surface area contributed by atoms with Gasteiger partial charge in [-0.05, 0) is 73.5 Å². The molecule has 0 radical (unpaired) electrons. The highest BCUT2D eigenvalue weighted by Gasteiger charge is 2.61. The highest BCUT2D eigenvalue weighted by atomic mass is 16.5. The van der Waals surface area contributed by atoms with E-state index in [-0.39, 0.29) is 22.3 Å². The van der Waals surface area contributed by atoms with Crippen LogP contribution in [0.25, 0.3) is 0 Å². The van der Waals surface area contributed by atoms with Crippen LogP contribution >= 0.6 is 0 Å². The maximum atomic E-state index is 13.8. The lowest BCUT2D eigenvalue weighted by molar-refractivity contribution is -0.150. The molecule has 2 atom stereocenters. The number of methoxy groups -OCH3 is 1. The predicted octanol–water partition coefficient (Wildman–Crippen LogP) is 4.52. The number of carbonyl (C=O) groups is 1. The van der Waals surface area contributed by atoms with Crippen LogP contribution in [0.1, 0.15) is 64.9 Å². The number of aromatic nitrogens is 3. The Labute approximate surface area is 178 Å². The second kappa shape index (κ2) is 6.56. The van der Waals surface area contributed by atoms with Gasteiger partial charge in [0.15, 0.2) is 0 Å². The lowest BCUT2D eigenvalue weighted by Crippen LogP contribution is -2.60. The molecule has 4 aliphatic carbocycles. The molecule has 6 rings (SSSR count). The van der Waals surface area contributed by atoms with Crippen molar-refractivity contribution in [3.05, 3.63) is 36.4 Å². The number of benzene rings is 1. The zero-order chi connectivity index (χ0) is 21.1. The Morgan fingerprint density at radius 2 is 1.93 bits per heavy atom. The van der Waals surface area contributed by atoms with Crippen molar-refractivity contribution >= 4 is 11.6 Å². The van der Waals surface area contributed by atoms with Crippen molar-refractivity contribution in [2.75, 3.05) is 12.4 Å². The minimum atomic E-state index is -0.335. The Morgan fingerprint density at radius 1 is 1.20 bits per heavy atom. The molecule has 2 aromatic rings. The summed E-state index contributed by atoms with van der Waals surface area (Å²) in [6.07, 6.45) is 9.75. The molecule has 1 N–H and O–H groups in total. The molecule has 0 unspecified atom stereocenters. The lowest BCUT2D eigenvalue weighted by atomic mass is 9.46. The molecule has 0 saturated heterocycles. The number of hydrogen-bond donors (Lipinski definition) is 1. The van der Waals surface area contributed by atoms with E-state index in [1.807, 2.05) is 17.1 Å². The first-order valence-electron chi connectivity index (χ1n) is 11.1. The Kier molecular flexibility index (Phi) is 4.28. The van der Waals surface area contributed by atoms with Gasteiger partial charge >= 0.3 is 0 Å². The van der Waals surface area contributed by atoms with Gasteiger partial charge in [-0.3, -0.25) is 4.79 Å². The fourth-order valence-electron chi connectivity index (χ4n) is 6.73. The van der Waals surface area contributed by atoms with E-state index in [0.29, 0.717) is 17.6 Å². The molecule has 1 aromatic carbocycles. The van der Waals surface area contributed by atoms with Gasteiger partial charge in [0.25, 0.3) is 0 Å². The van der Waals surface area contributed by atoms with E-state index in [9.17, 15) is 4.79 Å². The van der Waals surface area contributed by atoms with Crippen LogP contribution in [0, 0.1) is 17.3 Å². The number of hydrogen-bond acceptors (Lipinski definition) is 4. The van der Waals surface area contributed by atoms with E-state index < -0.39 is 0 Å². The van der Waals surface area contributed by atoms with Gasteiger partial charge in [0.1, 0.15) is 18.4 Å². The standard InChI is InChI=1S/C24H32N4O2/c1-22(2,3)18-5-6-20(30-4)19(8-18)27-21(29)23-9-16-7-17(10-23)12-24(11-16,13-23)28-15-25-14-26-28/h5-6,8,14-17H,7,9-13H2,1-4H3,(H,27,29)/t16-,17-,23?,24?/m0/s1. The summed E-state index contributed by atoms with van der Waals surface area (Å²) in [5.41, 5.74) is 1.57. The van der Waals surface area contributed by atoms with Crippen molar-refractivity contribution in [3.8, 4) is 5.75 Å². The van der Waals surface area contributed by atoms with Gasteiger partial charge < -0.3 is 10.1 Å². The summed E-state index contributed by atoms with van der Waals surface area (Å²) in [7, 11) is 1.66. The zero-order valence-corrected chi connectivity index (χ0v) is 18.4. The van der Waals surface area contributed by atoms with Crippen LogP contribution in [0.2, 0.25) is 0 Å². The summed E-state index contributed by atoms with van der Waals surface area (Å²) in [4.78, 5) is 18.0. The van der Waals surface area contributed by atoms with Crippen LogP contribution < -0.4 is 10.1 Å². The van der Waals surface area contributed by atoms with Crippen LogP contribution in [-0.4, -0.2) is 27.8 Å². The second-order valence-corrected chi connectivity index (χ2v) is 10.9. The topological polar surface area (TPSA) is 69.0 Å². The summed E-state index contributed by atoms with van der Waals surface area (Å²) in [5, 5.41) is 7.78. The number of ether oxygens (including phenoxy) is 1. The van der Waals surface area contributed by atoms with Gasteiger partial charge in [-0.1, -0.05) is 26.8 Å². The van der Waals surface area contributed by atoms with E-state index in [4.69, 9.17) is 4.74 Å². The third-order valence-corrected chi connectivity index (χ3v) is 7.73. The molecule has 1 heterocycles. The van der Waals surface area contributed by atoms with Gasteiger partial charge in [0.05, 0.1) is 23.8 Å². The van der Waals surface area contributed by atoms with E-state index >= 15 is 0 Å². The van der Waals surface area contributed by atoms with Crippen molar-refractivity contribution in [3.63, 3.8) is 0 Å². The molecule has 160 valence electrons. The van der Waals surface area contributed by atoms with E-state index in [1.54, 1.807) is 13.4 Å². The van der Waals surface area contributed by atoms with Gasteiger partial charge in [-0.15, -0.1) is 0 Å². The van der Waals surface area contributed by atoms with Gasteiger partial charge in [0.2, 0.25) is 5.91 Å². The largest absolute Gasteiger partial charge is 0.495 e. The lowest BCUT2D eigenvalue weighted by Gasteiger charge is -2.60. The Hall–Kier alpha value is -2.37. The van der Waals surface area contributed by atoms with Gasteiger partial charge in [-0.25, -0.2) is 9.67 Å². The average Bonchev–Trinajstić information content (AvgIpc) is 3.22. The number of amides is 1. The van der Waals surface area contributed by atoms with Crippen molar-refractivity contribution in [2.24, 2.45) is 17.3 Å². The maximum absolute atomic E-state index is 13.8. The first kappa shape index (κ1) is 19.6. The van der Waals surface area contributed by atoms with Crippen molar-refractivity contribution in [2.45, 2.75) is 70.3 Å². The summed E-state index contributed by atoms with van der Waals surface area (Å²) >= 11 is 0. The molecular weight excluding hydrogens is 376 g/mol. The van der Waals surface area contributed by atoms with E-state index in [2.05, 4.69) is 48.3 Å². The molecule has 4 bridgehead atoms. The highest BCUT2D eigenvalue weighted by molar-refractivity contribution is 5.97. The maximum Gasteiger partial charge on any atom is 0.230 e. The fraction of sp³-hybridized carbons (Fsp3) is 0.625. The molecule has 0 aliphatic heterocycles. The molecule has 6 nitrogen and oxygen atoms in total. The highest BCUT2D eigenvalue weighted by Crippen LogP contribution is 2.64. The minimum absolute atomic E-state index is 0.00356. The number of anilines is 1. The molecule has 30 heavy (non-hydrogen) atoms. The first-order valence-corrected chi connectivity index (χ1v) is 11.1. The Balaban J connectivity index is 1.47. The van der Waals surface area contributed by atoms with E-state index in [1.165, 1.54) is 12.0 Å². The monoisotopic (exact) mass is 408 g/mol. The van der Waals surface area contributed by atoms with Gasteiger partial charge in [0, 0.05) is 0 Å². The van der Waals surface area contributed by atoms with Crippen LogP contribution in [0.4, 0.5) is 5.69 Å². The number of nitrogens with zero attached hydrogens (tertiary/aromatic N) is 3. The van der Waals surface area contributed by atoms with Crippen LogP contribution in [0.15, 0.2) is 30.9 Å².